The molecule has 0 saturated carbocycles. The minimum absolute atomic E-state index is 0.0362. The monoisotopic (exact) mass is 301 g/mol. The van der Waals surface area contributed by atoms with Crippen LogP contribution in [-0.4, -0.2) is 17.8 Å². The molecule has 1 atom stereocenters. The highest BCUT2D eigenvalue weighted by molar-refractivity contribution is 5.96. The summed E-state index contributed by atoms with van der Waals surface area (Å²) < 4.78 is 18.2. The predicted molar refractivity (Wildman–Crippen MR) is 81.6 cm³/mol. The minimum Gasteiger partial charge on any atom is -0.481 e. The number of halogens is 1. The summed E-state index contributed by atoms with van der Waals surface area (Å²) in [6.45, 7) is 3.08. The lowest BCUT2D eigenvalue weighted by molar-refractivity contribution is -0.122. The van der Waals surface area contributed by atoms with E-state index in [4.69, 9.17) is 4.74 Å². The largest absolute Gasteiger partial charge is 0.481 e. The zero-order chi connectivity index (χ0) is 16.1. The van der Waals surface area contributed by atoms with E-state index in [1.807, 2.05) is 0 Å². The fourth-order valence-corrected chi connectivity index (χ4v) is 1.80. The molecule has 0 radical (unpaired) electrons. The molecule has 0 aromatic heterocycles. The Morgan fingerprint density at radius 3 is 2.18 bits per heavy atom. The fourth-order valence-electron chi connectivity index (χ4n) is 1.80. The first-order chi connectivity index (χ1) is 10.5. The number of rotatable bonds is 5. The third kappa shape index (κ3) is 4.15. The number of Topliss-reactive ketones (excluding diaryl/α,β-unsaturated/α-hetero) is 1. The second kappa shape index (κ2) is 6.85. The van der Waals surface area contributed by atoms with Crippen LogP contribution < -0.4 is 10.1 Å². The maximum absolute atomic E-state index is 12.8. The van der Waals surface area contributed by atoms with E-state index in [0.717, 1.165) is 0 Å². The molecule has 114 valence electrons. The Morgan fingerprint density at radius 1 is 1.05 bits per heavy atom. The van der Waals surface area contributed by atoms with Gasteiger partial charge in [0, 0.05) is 11.3 Å². The first-order valence-corrected chi connectivity index (χ1v) is 6.80. The average Bonchev–Trinajstić information content (AvgIpc) is 2.50. The fraction of sp³-hybridized carbons (Fsp3) is 0.176. The van der Waals surface area contributed by atoms with Crippen LogP contribution in [0.2, 0.25) is 0 Å². The first-order valence-electron chi connectivity index (χ1n) is 6.80. The number of carbonyl (C=O) groups excluding carboxylic acids is 2. The summed E-state index contributed by atoms with van der Waals surface area (Å²) in [5, 5.41) is 2.69. The Bertz CT molecular complexity index is 665. The summed E-state index contributed by atoms with van der Waals surface area (Å²) in [6.07, 6.45) is -0.738. The van der Waals surface area contributed by atoms with Crippen LogP contribution in [0.4, 0.5) is 10.1 Å². The van der Waals surface area contributed by atoms with Crippen LogP contribution in [0.15, 0.2) is 48.5 Å². The summed E-state index contributed by atoms with van der Waals surface area (Å²) in [5.74, 6) is -0.322. The van der Waals surface area contributed by atoms with Gasteiger partial charge >= 0.3 is 0 Å². The Morgan fingerprint density at radius 2 is 1.64 bits per heavy atom. The number of nitrogens with one attached hydrogen (secondary N) is 1. The molecular weight excluding hydrogens is 285 g/mol. The van der Waals surface area contributed by atoms with E-state index in [9.17, 15) is 14.0 Å². The van der Waals surface area contributed by atoms with Crippen molar-refractivity contribution < 1.29 is 18.7 Å². The van der Waals surface area contributed by atoms with Gasteiger partial charge in [0.2, 0.25) is 0 Å². The molecule has 22 heavy (non-hydrogen) atoms. The Labute approximate surface area is 127 Å². The van der Waals surface area contributed by atoms with E-state index >= 15 is 0 Å². The van der Waals surface area contributed by atoms with E-state index in [0.29, 0.717) is 17.0 Å². The van der Waals surface area contributed by atoms with Crippen molar-refractivity contribution in [2.24, 2.45) is 0 Å². The van der Waals surface area contributed by atoms with Crippen molar-refractivity contribution in [3.63, 3.8) is 0 Å². The number of ketones is 1. The molecule has 5 heteroatoms. The van der Waals surface area contributed by atoms with Gasteiger partial charge in [-0.2, -0.15) is 0 Å². The van der Waals surface area contributed by atoms with Gasteiger partial charge in [-0.1, -0.05) is 0 Å². The first kappa shape index (κ1) is 15.7. The topological polar surface area (TPSA) is 55.4 Å². The van der Waals surface area contributed by atoms with Crippen LogP contribution in [0.5, 0.6) is 5.75 Å². The van der Waals surface area contributed by atoms with E-state index in [1.165, 1.54) is 31.2 Å². The van der Waals surface area contributed by atoms with Gasteiger partial charge in [-0.3, -0.25) is 9.59 Å². The Hall–Kier alpha value is -2.69. The number of ether oxygens (including phenoxy) is 1. The number of hydrogen-bond donors (Lipinski definition) is 1. The number of carbonyl (C=O) groups is 2. The summed E-state index contributed by atoms with van der Waals surface area (Å²) in [4.78, 5) is 23.2. The van der Waals surface area contributed by atoms with Gasteiger partial charge in [-0.05, 0) is 62.4 Å². The van der Waals surface area contributed by atoms with E-state index in [-0.39, 0.29) is 17.5 Å². The van der Waals surface area contributed by atoms with Gasteiger partial charge in [-0.15, -0.1) is 0 Å². The molecule has 0 fully saturated rings. The molecule has 0 heterocycles. The van der Waals surface area contributed by atoms with Crippen LogP contribution in [0.1, 0.15) is 24.2 Å². The minimum atomic E-state index is -0.738. The quantitative estimate of drug-likeness (QED) is 0.861. The second-order valence-corrected chi connectivity index (χ2v) is 4.84. The van der Waals surface area contributed by atoms with Crippen molar-refractivity contribution in [3.8, 4) is 5.75 Å². The van der Waals surface area contributed by atoms with Gasteiger partial charge in [0.15, 0.2) is 11.9 Å². The predicted octanol–water partition coefficient (Wildman–Crippen LogP) is 3.43. The molecule has 2 rings (SSSR count). The molecule has 0 aliphatic rings. The van der Waals surface area contributed by atoms with Gasteiger partial charge in [-0.25, -0.2) is 4.39 Å². The molecule has 0 aliphatic heterocycles. The van der Waals surface area contributed by atoms with Crippen molar-refractivity contribution in [2.45, 2.75) is 20.0 Å². The summed E-state index contributed by atoms with van der Waals surface area (Å²) >= 11 is 0. The molecule has 0 saturated heterocycles. The third-order valence-corrected chi connectivity index (χ3v) is 3.05. The third-order valence-electron chi connectivity index (χ3n) is 3.05. The number of hydrogen-bond acceptors (Lipinski definition) is 3. The van der Waals surface area contributed by atoms with Crippen LogP contribution in [0, 0.1) is 5.82 Å². The summed E-state index contributed by atoms with van der Waals surface area (Å²) in [6, 6.07) is 12.0. The van der Waals surface area contributed by atoms with Gasteiger partial charge < -0.3 is 10.1 Å². The molecular formula is C17H16FNO3. The number of amides is 1. The molecule has 1 amide bonds. The molecule has 0 unspecified atom stereocenters. The average molecular weight is 301 g/mol. The maximum Gasteiger partial charge on any atom is 0.265 e. The second-order valence-electron chi connectivity index (χ2n) is 4.84. The zero-order valence-corrected chi connectivity index (χ0v) is 12.3. The van der Waals surface area contributed by atoms with Crippen molar-refractivity contribution in [3.05, 3.63) is 59.9 Å². The summed E-state index contributed by atoms with van der Waals surface area (Å²) in [7, 11) is 0. The van der Waals surface area contributed by atoms with Crippen molar-refractivity contribution in [1.82, 2.24) is 0 Å². The normalized spacial score (nSPS) is 11.6. The van der Waals surface area contributed by atoms with E-state index in [1.54, 1.807) is 31.2 Å². The lowest BCUT2D eigenvalue weighted by Crippen LogP contribution is -2.30. The number of anilines is 1. The van der Waals surface area contributed by atoms with Gasteiger partial charge in [0.1, 0.15) is 11.6 Å². The molecule has 2 aromatic rings. The highest BCUT2D eigenvalue weighted by atomic mass is 19.1. The van der Waals surface area contributed by atoms with Gasteiger partial charge in [0.05, 0.1) is 0 Å². The van der Waals surface area contributed by atoms with Crippen molar-refractivity contribution in [1.29, 1.82) is 0 Å². The lowest BCUT2D eigenvalue weighted by Gasteiger charge is -2.14. The lowest BCUT2D eigenvalue weighted by atomic mass is 10.1. The molecule has 4 nitrogen and oxygen atoms in total. The smallest absolute Gasteiger partial charge is 0.265 e. The Balaban J connectivity index is 1.95. The standard InChI is InChI=1S/C17H16FNO3/c1-11(20)13-3-7-15(8-4-13)19-17(21)12(2)22-16-9-5-14(18)6-10-16/h3-10,12H,1-2H3,(H,19,21)/t12-/m1/s1. The zero-order valence-electron chi connectivity index (χ0n) is 12.3. The van der Waals surface area contributed by atoms with Crippen LogP contribution in [-0.2, 0) is 4.79 Å². The van der Waals surface area contributed by atoms with Crippen molar-refractivity contribution in [2.75, 3.05) is 5.32 Å². The summed E-state index contributed by atoms with van der Waals surface area (Å²) in [5.41, 5.74) is 1.15. The van der Waals surface area contributed by atoms with Crippen molar-refractivity contribution >= 4 is 17.4 Å². The molecule has 2 aromatic carbocycles. The SMILES string of the molecule is CC(=O)c1ccc(NC(=O)[C@@H](C)Oc2ccc(F)cc2)cc1. The van der Waals surface area contributed by atoms with E-state index < -0.39 is 6.10 Å². The van der Waals surface area contributed by atoms with Gasteiger partial charge in [0.25, 0.3) is 5.91 Å². The highest BCUT2D eigenvalue weighted by Gasteiger charge is 2.15. The maximum atomic E-state index is 12.8. The van der Waals surface area contributed by atoms with Crippen LogP contribution >= 0.6 is 0 Å². The molecule has 1 N–H and O–H groups in total. The Kier molecular flexibility index (Phi) is 4.88. The molecule has 0 spiro atoms. The van der Waals surface area contributed by atoms with E-state index in [2.05, 4.69) is 5.32 Å². The molecule has 0 bridgehead atoms. The highest BCUT2D eigenvalue weighted by Crippen LogP contribution is 2.15. The molecule has 0 aliphatic carbocycles. The number of benzene rings is 2. The van der Waals surface area contributed by atoms with Crippen LogP contribution in [0.3, 0.4) is 0 Å². The van der Waals surface area contributed by atoms with Crippen LogP contribution in [0.25, 0.3) is 0 Å².